The standard InChI is InChI=1S/C23H27NO/c1-15(2)6-5-7-16(3)8-10-18-22(25)13-12-21-23(18)19-14-17(4)9-11-20(19)24-21/h6,8-9,11-14,24-25H,5,7,10H2,1-4H3. The minimum atomic E-state index is 0.378. The Morgan fingerprint density at radius 2 is 1.80 bits per heavy atom. The molecule has 3 aromatic rings. The molecule has 1 aromatic heterocycles. The minimum absolute atomic E-state index is 0.378. The van der Waals surface area contributed by atoms with E-state index in [0.29, 0.717) is 5.75 Å². The molecule has 0 aliphatic carbocycles. The highest BCUT2D eigenvalue weighted by Crippen LogP contribution is 2.34. The molecule has 0 radical (unpaired) electrons. The summed E-state index contributed by atoms with van der Waals surface area (Å²) in [5.41, 5.74) is 7.18. The normalized spacial score (nSPS) is 12.1. The monoisotopic (exact) mass is 333 g/mol. The quantitative estimate of drug-likeness (QED) is 0.509. The van der Waals surface area contributed by atoms with Gasteiger partial charge in [0.1, 0.15) is 5.75 Å². The smallest absolute Gasteiger partial charge is 0.119 e. The molecule has 0 bridgehead atoms. The number of nitrogens with one attached hydrogen (secondary N) is 1. The second-order valence-electron chi connectivity index (χ2n) is 7.23. The lowest BCUT2D eigenvalue weighted by atomic mass is 10.00. The summed E-state index contributed by atoms with van der Waals surface area (Å²) in [6.45, 7) is 8.55. The molecule has 2 heteroatoms. The number of aromatic nitrogens is 1. The average Bonchev–Trinajstić information content (AvgIpc) is 2.91. The fraction of sp³-hybridized carbons (Fsp3) is 0.304. The van der Waals surface area contributed by atoms with E-state index < -0.39 is 0 Å². The van der Waals surface area contributed by atoms with Crippen molar-refractivity contribution in [2.24, 2.45) is 0 Å². The third-order valence-electron chi connectivity index (χ3n) is 4.75. The van der Waals surface area contributed by atoms with Crippen molar-refractivity contribution in [2.75, 3.05) is 0 Å². The van der Waals surface area contributed by atoms with Gasteiger partial charge in [-0.1, -0.05) is 34.9 Å². The number of benzene rings is 2. The Kier molecular flexibility index (Phi) is 4.98. The van der Waals surface area contributed by atoms with Gasteiger partial charge >= 0.3 is 0 Å². The van der Waals surface area contributed by atoms with E-state index in [1.807, 2.05) is 6.07 Å². The van der Waals surface area contributed by atoms with Gasteiger partial charge in [0.2, 0.25) is 0 Å². The van der Waals surface area contributed by atoms with Gasteiger partial charge < -0.3 is 10.1 Å². The van der Waals surface area contributed by atoms with Crippen molar-refractivity contribution < 1.29 is 5.11 Å². The Bertz CT molecular complexity index is 969. The number of hydrogen-bond acceptors (Lipinski definition) is 1. The van der Waals surface area contributed by atoms with Crippen molar-refractivity contribution in [3.05, 3.63) is 64.8 Å². The molecule has 0 saturated heterocycles. The van der Waals surface area contributed by atoms with Crippen LogP contribution in [0.2, 0.25) is 0 Å². The molecule has 0 saturated carbocycles. The molecule has 1 heterocycles. The van der Waals surface area contributed by atoms with Crippen LogP contribution < -0.4 is 0 Å². The molecular weight excluding hydrogens is 306 g/mol. The maximum absolute atomic E-state index is 10.5. The van der Waals surface area contributed by atoms with E-state index in [4.69, 9.17) is 0 Å². The lowest BCUT2D eigenvalue weighted by molar-refractivity contribution is 0.471. The van der Waals surface area contributed by atoms with Gasteiger partial charge in [-0.25, -0.2) is 0 Å². The van der Waals surface area contributed by atoms with Gasteiger partial charge in [0, 0.05) is 27.4 Å². The first-order chi connectivity index (χ1) is 12.0. The van der Waals surface area contributed by atoms with Gasteiger partial charge in [-0.2, -0.15) is 0 Å². The van der Waals surface area contributed by atoms with Crippen LogP contribution in [0.1, 0.15) is 44.7 Å². The first-order valence-corrected chi connectivity index (χ1v) is 8.97. The zero-order valence-corrected chi connectivity index (χ0v) is 15.6. The average molecular weight is 333 g/mol. The third kappa shape index (κ3) is 3.79. The number of allylic oxidation sites excluding steroid dienone is 4. The lowest BCUT2D eigenvalue weighted by Crippen LogP contribution is -1.87. The number of H-pyrrole nitrogens is 1. The molecule has 0 atom stereocenters. The largest absolute Gasteiger partial charge is 0.508 e. The van der Waals surface area contributed by atoms with E-state index in [0.717, 1.165) is 41.2 Å². The lowest BCUT2D eigenvalue weighted by Gasteiger charge is -2.06. The molecule has 25 heavy (non-hydrogen) atoms. The number of phenols is 1. The predicted molar refractivity (Wildman–Crippen MR) is 108 cm³/mol. The van der Waals surface area contributed by atoms with Crippen LogP contribution in [0.5, 0.6) is 5.75 Å². The van der Waals surface area contributed by atoms with Crippen LogP contribution in [0.25, 0.3) is 21.8 Å². The third-order valence-corrected chi connectivity index (χ3v) is 4.75. The number of rotatable bonds is 5. The Hall–Kier alpha value is -2.48. The van der Waals surface area contributed by atoms with Crippen molar-refractivity contribution in [1.82, 2.24) is 4.98 Å². The Labute approximate surface area is 149 Å². The highest BCUT2D eigenvalue weighted by molar-refractivity contribution is 6.10. The molecule has 0 aliphatic heterocycles. The van der Waals surface area contributed by atoms with Gasteiger partial charge in [0.25, 0.3) is 0 Å². The number of aromatic amines is 1. The molecule has 2 nitrogen and oxygen atoms in total. The zero-order chi connectivity index (χ0) is 18.0. The van der Waals surface area contributed by atoms with Crippen LogP contribution in [0.4, 0.5) is 0 Å². The van der Waals surface area contributed by atoms with Gasteiger partial charge in [-0.3, -0.25) is 0 Å². The number of fused-ring (bicyclic) bond motifs is 3. The molecule has 0 spiro atoms. The van der Waals surface area contributed by atoms with Crippen molar-refractivity contribution in [2.45, 2.75) is 47.0 Å². The van der Waals surface area contributed by atoms with Crippen LogP contribution in [0.15, 0.2) is 53.6 Å². The first-order valence-electron chi connectivity index (χ1n) is 8.97. The van der Waals surface area contributed by atoms with E-state index in [2.05, 4.69) is 63.0 Å². The summed E-state index contributed by atoms with van der Waals surface area (Å²) in [5.74, 6) is 0.378. The van der Waals surface area contributed by atoms with E-state index in [1.54, 1.807) is 6.07 Å². The highest BCUT2D eigenvalue weighted by atomic mass is 16.3. The SMILES string of the molecule is CC(C)=CCCC(C)=CCc1c(O)ccc2[nH]c3ccc(C)cc3c12. The topological polar surface area (TPSA) is 36.0 Å². The maximum atomic E-state index is 10.5. The Morgan fingerprint density at radius 3 is 2.56 bits per heavy atom. The van der Waals surface area contributed by atoms with Crippen LogP contribution in [0.3, 0.4) is 0 Å². The highest BCUT2D eigenvalue weighted by Gasteiger charge is 2.12. The summed E-state index contributed by atoms with van der Waals surface area (Å²) < 4.78 is 0. The predicted octanol–water partition coefficient (Wildman–Crippen LogP) is 6.57. The molecule has 0 fully saturated rings. The summed E-state index contributed by atoms with van der Waals surface area (Å²) in [7, 11) is 0. The van der Waals surface area contributed by atoms with E-state index in [9.17, 15) is 5.11 Å². The number of phenolic OH excluding ortho intramolecular Hbond substituents is 1. The van der Waals surface area contributed by atoms with Crippen molar-refractivity contribution in [3.8, 4) is 5.75 Å². The van der Waals surface area contributed by atoms with Gasteiger partial charge in [-0.15, -0.1) is 0 Å². The molecule has 2 aromatic carbocycles. The summed E-state index contributed by atoms with van der Waals surface area (Å²) in [6, 6.07) is 10.2. The second-order valence-corrected chi connectivity index (χ2v) is 7.23. The number of aryl methyl sites for hydroxylation is 1. The first kappa shape index (κ1) is 17.3. The molecular formula is C23H27NO. The Balaban J connectivity index is 1.97. The van der Waals surface area contributed by atoms with Crippen molar-refractivity contribution in [1.29, 1.82) is 0 Å². The minimum Gasteiger partial charge on any atom is -0.508 e. The summed E-state index contributed by atoms with van der Waals surface area (Å²) >= 11 is 0. The maximum Gasteiger partial charge on any atom is 0.119 e. The van der Waals surface area contributed by atoms with Crippen LogP contribution in [0, 0.1) is 6.92 Å². The van der Waals surface area contributed by atoms with Crippen LogP contribution >= 0.6 is 0 Å². The van der Waals surface area contributed by atoms with Crippen LogP contribution in [-0.2, 0) is 6.42 Å². The molecule has 2 N–H and O–H groups in total. The number of aromatic hydroxyl groups is 1. The zero-order valence-electron chi connectivity index (χ0n) is 15.6. The second kappa shape index (κ2) is 7.18. The molecule has 3 rings (SSSR count). The Morgan fingerprint density at radius 1 is 1.04 bits per heavy atom. The molecule has 0 aliphatic rings. The van der Waals surface area contributed by atoms with Crippen molar-refractivity contribution in [3.63, 3.8) is 0 Å². The summed E-state index contributed by atoms with van der Waals surface area (Å²) in [5, 5.41) is 12.8. The van der Waals surface area contributed by atoms with Gasteiger partial charge in [-0.05, 0) is 71.2 Å². The van der Waals surface area contributed by atoms with Crippen molar-refractivity contribution >= 4 is 21.8 Å². The van der Waals surface area contributed by atoms with Crippen LogP contribution in [-0.4, -0.2) is 10.1 Å². The molecule has 0 unspecified atom stereocenters. The fourth-order valence-electron chi connectivity index (χ4n) is 3.34. The molecule has 130 valence electrons. The summed E-state index contributed by atoms with van der Waals surface area (Å²) in [6.07, 6.45) is 7.42. The fourth-order valence-corrected chi connectivity index (χ4v) is 3.34. The van der Waals surface area contributed by atoms with Gasteiger partial charge in [0.05, 0.1) is 0 Å². The van der Waals surface area contributed by atoms with E-state index in [-0.39, 0.29) is 0 Å². The van der Waals surface area contributed by atoms with E-state index in [1.165, 1.54) is 22.1 Å². The number of hydrogen-bond donors (Lipinski definition) is 2. The van der Waals surface area contributed by atoms with E-state index >= 15 is 0 Å². The van der Waals surface area contributed by atoms with Gasteiger partial charge in [0.15, 0.2) is 0 Å². The molecule has 0 amide bonds. The summed E-state index contributed by atoms with van der Waals surface area (Å²) in [4.78, 5) is 3.47.